The SMILES string of the molecule is COCCC(C)n1c(Cl)nnc1C(C)(C)C. The van der Waals surface area contributed by atoms with Gasteiger partial charge >= 0.3 is 0 Å². The Morgan fingerprint density at radius 1 is 1.38 bits per heavy atom. The first-order valence-electron chi connectivity index (χ1n) is 5.47. The minimum Gasteiger partial charge on any atom is -0.385 e. The summed E-state index contributed by atoms with van der Waals surface area (Å²) in [6, 6.07) is 0.247. The average Bonchev–Trinajstić information content (AvgIpc) is 2.56. The number of hydrogen-bond acceptors (Lipinski definition) is 3. The number of nitrogens with zero attached hydrogens (tertiary/aromatic N) is 3. The first-order valence-corrected chi connectivity index (χ1v) is 5.85. The van der Waals surface area contributed by atoms with Crippen molar-refractivity contribution in [2.45, 2.75) is 45.6 Å². The summed E-state index contributed by atoms with van der Waals surface area (Å²) in [5.74, 6) is 0.918. The number of hydrogen-bond donors (Lipinski definition) is 0. The molecular weight excluding hydrogens is 226 g/mol. The lowest BCUT2D eigenvalue weighted by Crippen LogP contribution is -2.22. The molecule has 0 aliphatic heterocycles. The van der Waals surface area contributed by atoms with Crippen molar-refractivity contribution in [3.8, 4) is 0 Å². The Hall–Kier alpha value is -0.610. The molecule has 0 saturated heterocycles. The van der Waals surface area contributed by atoms with Gasteiger partial charge in [0.2, 0.25) is 5.28 Å². The molecule has 1 aromatic rings. The lowest BCUT2D eigenvalue weighted by atomic mass is 9.95. The third-order valence-electron chi connectivity index (χ3n) is 2.51. The summed E-state index contributed by atoms with van der Waals surface area (Å²) >= 11 is 6.07. The van der Waals surface area contributed by atoms with Crippen LogP contribution in [0.2, 0.25) is 5.28 Å². The van der Waals surface area contributed by atoms with Gasteiger partial charge in [-0.05, 0) is 24.9 Å². The van der Waals surface area contributed by atoms with Crippen LogP contribution in [0.25, 0.3) is 0 Å². The second-order valence-electron chi connectivity index (χ2n) is 5.04. The van der Waals surface area contributed by atoms with Crippen molar-refractivity contribution in [3.63, 3.8) is 0 Å². The van der Waals surface area contributed by atoms with E-state index in [4.69, 9.17) is 16.3 Å². The first kappa shape index (κ1) is 13.5. The van der Waals surface area contributed by atoms with E-state index in [2.05, 4.69) is 37.9 Å². The zero-order valence-electron chi connectivity index (χ0n) is 10.6. The number of halogens is 1. The Bertz CT molecular complexity index is 343. The molecule has 0 saturated carbocycles. The molecule has 5 heteroatoms. The molecule has 16 heavy (non-hydrogen) atoms. The number of aromatic nitrogens is 3. The fraction of sp³-hybridized carbons (Fsp3) is 0.818. The smallest absolute Gasteiger partial charge is 0.225 e. The molecule has 1 unspecified atom stereocenters. The Morgan fingerprint density at radius 3 is 2.50 bits per heavy atom. The fourth-order valence-electron chi connectivity index (χ4n) is 1.59. The van der Waals surface area contributed by atoms with Gasteiger partial charge in [0, 0.05) is 25.2 Å². The van der Waals surface area contributed by atoms with Gasteiger partial charge in [0.1, 0.15) is 5.82 Å². The van der Waals surface area contributed by atoms with Crippen LogP contribution >= 0.6 is 11.6 Å². The lowest BCUT2D eigenvalue weighted by molar-refractivity contribution is 0.179. The van der Waals surface area contributed by atoms with E-state index in [0.717, 1.165) is 12.2 Å². The van der Waals surface area contributed by atoms with Crippen LogP contribution in [-0.2, 0) is 10.2 Å². The summed E-state index contributed by atoms with van der Waals surface area (Å²) in [4.78, 5) is 0. The van der Waals surface area contributed by atoms with Gasteiger partial charge in [-0.2, -0.15) is 0 Å². The molecule has 1 rings (SSSR count). The van der Waals surface area contributed by atoms with E-state index in [9.17, 15) is 0 Å². The molecular formula is C11H20ClN3O. The summed E-state index contributed by atoms with van der Waals surface area (Å²) in [5, 5.41) is 8.56. The van der Waals surface area contributed by atoms with Crippen molar-refractivity contribution in [1.29, 1.82) is 0 Å². The molecule has 0 spiro atoms. The quantitative estimate of drug-likeness (QED) is 0.819. The number of methoxy groups -OCH3 is 1. The maximum Gasteiger partial charge on any atom is 0.225 e. The fourth-order valence-corrected chi connectivity index (χ4v) is 1.88. The molecule has 4 nitrogen and oxygen atoms in total. The molecule has 0 aliphatic carbocycles. The van der Waals surface area contributed by atoms with Crippen LogP contribution in [0, 0.1) is 0 Å². The van der Waals surface area contributed by atoms with Crippen LogP contribution in [0.15, 0.2) is 0 Å². The van der Waals surface area contributed by atoms with Crippen molar-refractivity contribution in [3.05, 3.63) is 11.1 Å². The highest BCUT2D eigenvalue weighted by molar-refractivity contribution is 6.28. The van der Waals surface area contributed by atoms with Crippen LogP contribution in [0.4, 0.5) is 0 Å². The minimum absolute atomic E-state index is 0.0541. The van der Waals surface area contributed by atoms with Crippen LogP contribution in [-0.4, -0.2) is 28.5 Å². The largest absolute Gasteiger partial charge is 0.385 e. The van der Waals surface area contributed by atoms with Crippen LogP contribution in [0.1, 0.15) is 46.0 Å². The highest BCUT2D eigenvalue weighted by atomic mass is 35.5. The third-order valence-corrected chi connectivity index (χ3v) is 2.76. The molecule has 0 amide bonds. The van der Waals surface area contributed by atoms with Crippen molar-refractivity contribution < 1.29 is 4.74 Å². The average molecular weight is 246 g/mol. The normalized spacial score (nSPS) is 14.1. The van der Waals surface area contributed by atoms with Gasteiger partial charge in [0.05, 0.1) is 0 Å². The standard InChI is InChI=1S/C11H20ClN3O/c1-8(6-7-16-5)15-9(11(2,3)4)13-14-10(15)12/h8H,6-7H2,1-5H3. The van der Waals surface area contributed by atoms with E-state index in [-0.39, 0.29) is 11.5 Å². The van der Waals surface area contributed by atoms with E-state index < -0.39 is 0 Å². The molecule has 0 N–H and O–H groups in total. The highest BCUT2D eigenvalue weighted by Crippen LogP contribution is 2.27. The number of ether oxygens (including phenoxy) is 1. The molecule has 1 atom stereocenters. The van der Waals surface area contributed by atoms with Crippen LogP contribution < -0.4 is 0 Å². The van der Waals surface area contributed by atoms with Gasteiger partial charge in [-0.25, -0.2) is 0 Å². The van der Waals surface area contributed by atoms with Crippen LogP contribution in [0.5, 0.6) is 0 Å². The van der Waals surface area contributed by atoms with Gasteiger partial charge in [0.15, 0.2) is 0 Å². The molecule has 0 fully saturated rings. The maximum absolute atomic E-state index is 6.07. The predicted octanol–water partition coefficient (Wildman–Crippen LogP) is 2.83. The molecule has 0 radical (unpaired) electrons. The Morgan fingerprint density at radius 2 is 2.00 bits per heavy atom. The van der Waals surface area contributed by atoms with Crippen molar-refractivity contribution in [2.75, 3.05) is 13.7 Å². The Balaban J connectivity index is 2.97. The van der Waals surface area contributed by atoms with Gasteiger partial charge < -0.3 is 4.74 Å². The molecule has 0 aromatic carbocycles. The van der Waals surface area contributed by atoms with E-state index >= 15 is 0 Å². The molecule has 1 heterocycles. The summed E-state index contributed by atoms with van der Waals surface area (Å²) < 4.78 is 7.07. The van der Waals surface area contributed by atoms with Gasteiger partial charge in [-0.1, -0.05) is 20.8 Å². The molecule has 92 valence electrons. The summed E-state index contributed by atoms with van der Waals surface area (Å²) in [5.41, 5.74) is -0.0541. The summed E-state index contributed by atoms with van der Waals surface area (Å²) in [6.45, 7) is 9.12. The van der Waals surface area contributed by atoms with Gasteiger partial charge in [-0.3, -0.25) is 4.57 Å². The second kappa shape index (κ2) is 5.15. The highest BCUT2D eigenvalue weighted by Gasteiger charge is 2.25. The Labute approximate surface area is 102 Å². The molecule has 0 aliphatic rings. The number of rotatable bonds is 4. The summed E-state index contributed by atoms with van der Waals surface area (Å²) in [6.07, 6.45) is 0.900. The monoisotopic (exact) mass is 245 g/mol. The van der Waals surface area contributed by atoms with Crippen molar-refractivity contribution in [1.82, 2.24) is 14.8 Å². The maximum atomic E-state index is 6.07. The topological polar surface area (TPSA) is 39.9 Å². The van der Waals surface area contributed by atoms with E-state index in [1.807, 2.05) is 4.57 Å². The van der Waals surface area contributed by atoms with E-state index in [1.165, 1.54) is 0 Å². The second-order valence-corrected chi connectivity index (χ2v) is 5.38. The predicted molar refractivity (Wildman–Crippen MR) is 64.9 cm³/mol. The first-order chi connectivity index (χ1) is 7.38. The third kappa shape index (κ3) is 2.95. The van der Waals surface area contributed by atoms with Crippen LogP contribution in [0.3, 0.4) is 0 Å². The zero-order chi connectivity index (χ0) is 12.3. The molecule has 0 bridgehead atoms. The molecule has 1 aromatic heterocycles. The Kier molecular flexibility index (Phi) is 4.33. The van der Waals surface area contributed by atoms with Gasteiger partial charge in [-0.15, -0.1) is 10.2 Å². The van der Waals surface area contributed by atoms with Crippen molar-refractivity contribution >= 4 is 11.6 Å². The zero-order valence-corrected chi connectivity index (χ0v) is 11.4. The van der Waals surface area contributed by atoms with Crippen molar-refractivity contribution in [2.24, 2.45) is 0 Å². The lowest BCUT2D eigenvalue weighted by Gasteiger charge is -2.23. The van der Waals surface area contributed by atoms with Gasteiger partial charge in [0.25, 0.3) is 0 Å². The van der Waals surface area contributed by atoms with E-state index in [0.29, 0.717) is 11.9 Å². The van der Waals surface area contributed by atoms with E-state index in [1.54, 1.807) is 7.11 Å². The summed E-state index contributed by atoms with van der Waals surface area (Å²) in [7, 11) is 1.70. The minimum atomic E-state index is -0.0541.